The number of nitrogens with one attached hydrogen (secondary N) is 1. The van der Waals surface area contributed by atoms with E-state index >= 15 is 0 Å². The van der Waals surface area contributed by atoms with Crippen LogP contribution in [0.5, 0.6) is 0 Å². The Kier molecular flexibility index (Phi) is 4.39. The minimum Gasteiger partial charge on any atom is -0.321 e. The number of carbonyl (C=O) groups excluding carboxylic acids is 1. The van der Waals surface area contributed by atoms with Gasteiger partial charge in [0, 0.05) is 16.6 Å². The second-order valence-electron chi connectivity index (χ2n) is 7.42. The highest BCUT2D eigenvalue weighted by molar-refractivity contribution is 6.09. The molecule has 24 heavy (non-hydrogen) atoms. The Hall–Kier alpha value is -2.61. The maximum absolute atomic E-state index is 12.7. The summed E-state index contributed by atoms with van der Waals surface area (Å²) in [6.45, 7) is 6.61. The number of anilines is 1. The topological polar surface area (TPSA) is 29.1 Å². The first-order chi connectivity index (χ1) is 11.4. The zero-order valence-corrected chi connectivity index (χ0v) is 14.5. The van der Waals surface area contributed by atoms with Gasteiger partial charge in [0.25, 0.3) is 5.91 Å². The molecule has 122 valence electrons. The van der Waals surface area contributed by atoms with E-state index in [-0.39, 0.29) is 11.3 Å². The van der Waals surface area contributed by atoms with Crippen molar-refractivity contribution < 1.29 is 4.79 Å². The van der Waals surface area contributed by atoms with E-state index in [4.69, 9.17) is 0 Å². The molecule has 3 rings (SSSR count). The molecule has 0 aromatic heterocycles. The van der Waals surface area contributed by atoms with Gasteiger partial charge in [-0.05, 0) is 41.0 Å². The maximum Gasteiger partial charge on any atom is 0.255 e. The average Bonchev–Trinajstić information content (AvgIpc) is 2.54. The van der Waals surface area contributed by atoms with Crippen LogP contribution in [0.2, 0.25) is 0 Å². The van der Waals surface area contributed by atoms with E-state index in [9.17, 15) is 4.79 Å². The number of benzene rings is 3. The summed E-state index contributed by atoms with van der Waals surface area (Å²) in [4.78, 5) is 12.7. The number of hydrogen-bond donors (Lipinski definition) is 1. The molecule has 0 aliphatic rings. The second-order valence-corrected chi connectivity index (χ2v) is 7.42. The fourth-order valence-electron chi connectivity index (χ4n) is 2.96. The van der Waals surface area contributed by atoms with Crippen LogP contribution in [-0.2, 0) is 6.42 Å². The van der Waals surface area contributed by atoms with Gasteiger partial charge in [-0.15, -0.1) is 0 Å². The Balaban J connectivity index is 1.86. The highest BCUT2D eigenvalue weighted by Crippen LogP contribution is 2.24. The lowest BCUT2D eigenvalue weighted by Gasteiger charge is -2.18. The number of rotatable bonds is 3. The Bertz CT molecular complexity index is 869. The molecule has 2 nitrogen and oxygen atoms in total. The number of amides is 1. The van der Waals surface area contributed by atoms with Crippen LogP contribution in [0.1, 0.15) is 36.7 Å². The first kappa shape index (κ1) is 16.3. The van der Waals surface area contributed by atoms with Crippen molar-refractivity contribution in [3.05, 3.63) is 77.9 Å². The molecule has 0 atom stereocenters. The lowest BCUT2D eigenvalue weighted by molar-refractivity contribution is 0.102. The first-order valence-electron chi connectivity index (χ1n) is 8.30. The minimum absolute atomic E-state index is 0.0675. The lowest BCUT2D eigenvalue weighted by Crippen LogP contribution is -2.14. The first-order valence-corrected chi connectivity index (χ1v) is 8.30. The SMILES string of the molecule is CC(C)(C)Cc1cccc(C(=O)Nc2cccc3ccccc23)c1. The number of fused-ring (bicyclic) bond motifs is 1. The molecule has 3 aromatic carbocycles. The molecule has 0 saturated heterocycles. The zero-order chi connectivity index (χ0) is 17.2. The predicted molar refractivity (Wildman–Crippen MR) is 102 cm³/mol. The van der Waals surface area contributed by atoms with Gasteiger partial charge in [0.2, 0.25) is 0 Å². The van der Waals surface area contributed by atoms with E-state index in [0.717, 1.165) is 22.9 Å². The summed E-state index contributed by atoms with van der Waals surface area (Å²) < 4.78 is 0. The fourth-order valence-corrected chi connectivity index (χ4v) is 2.96. The van der Waals surface area contributed by atoms with Gasteiger partial charge in [0.15, 0.2) is 0 Å². The molecule has 0 aliphatic heterocycles. The summed E-state index contributed by atoms with van der Waals surface area (Å²) >= 11 is 0. The third kappa shape index (κ3) is 3.83. The Morgan fingerprint density at radius 2 is 1.62 bits per heavy atom. The van der Waals surface area contributed by atoms with E-state index in [0.29, 0.717) is 5.56 Å². The van der Waals surface area contributed by atoms with Crippen LogP contribution in [0.15, 0.2) is 66.7 Å². The van der Waals surface area contributed by atoms with Crippen LogP contribution in [0.3, 0.4) is 0 Å². The molecule has 2 heteroatoms. The summed E-state index contributed by atoms with van der Waals surface area (Å²) in [5, 5.41) is 5.23. The number of carbonyl (C=O) groups is 1. The standard InChI is InChI=1S/C22H23NO/c1-22(2,3)15-16-8-6-11-18(14-16)21(24)23-20-13-7-10-17-9-4-5-12-19(17)20/h4-14H,15H2,1-3H3,(H,23,24). The zero-order valence-electron chi connectivity index (χ0n) is 14.5. The minimum atomic E-state index is -0.0675. The van der Waals surface area contributed by atoms with Crippen LogP contribution in [0.25, 0.3) is 10.8 Å². The van der Waals surface area contributed by atoms with E-state index < -0.39 is 0 Å². The quantitative estimate of drug-likeness (QED) is 0.661. The Morgan fingerprint density at radius 1 is 0.917 bits per heavy atom. The largest absolute Gasteiger partial charge is 0.321 e. The van der Waals surface area contributed by atoms with E-state index in [1.165, 1.54) is 5.56 Å². The van der Waals surface area contributed by atoms with Crippen molar-refractivity contribution in [1.82, 2.24) is 0 Å². The van der Waals surface area contributed by atoms with Gasteiger partial charge in [0.05, 0.1) is 0 Å². The molecule has 0 bridgehead atoms. The van der Waals surface area contributed by atoms with E-state index in [2.05, 4.69) is 44.3 Å². The van der Waals surface area contributed by atoms with Crippen molar-refractivity contribution in [1.29, 1.82) is 0 Å². The normalized spacial score (nSPS) is 11.5. The van der Waals surface area contributed by atoms with E-state index in [1.807, 2.05) is 48.5 Å². The fraction of sp³-hybridized carbons (Fsp3) is 0.227. The molecule has 0 fully saturated rings. The molecule has 1 amide bonds. The number of hydrogen-bond acceptors (Lipinski definition) is 1. The Labute approximate surface area is 143 Å². The summed E-state index contributed by atoms with van der Waals surface area (Å²) in [5.74, 6) is -0.0675. The highest BCUT2D eigenvalue weighted by Gasteiger charge is 2.13. The van der Waals surface area contributed by atoms with Crippen LogP contribution in [0, 0.1) is 5.41 Å². The molecule has 0 saturated carbocycles. The maximum atomic E-state index is 12.7. The molecule has 0 unspecified atom stereocenters. The molecular weight excluding hydrogens is 294 g/mol. The van der Waals surface area contributed by atoms with Gasteiger partial charge >= 0.3 is 0 Å². The second kappa shape index (κ2) is 6.48. The van der Waals surface area contributed by atoms with Gasteiger partial charge in [-0.1, -0.05) is 69.3 Å². The Morgan fingerprint density at radius 3 is 2.42 bits per heavy atom. The molecular formula is C22H23NO. The molecule has 0 heterocycles. The predicted octanol–water partition coefficient (Wildman–Crippen LogP) is 5.68. The smallest absolute Gasteiger partial charge is 0.255 e. The summed E-state index contributed by atoms with van der Waals surface area (Å²) in [6, 6.07) is 21.9. The van der Waals surface area contributed by atoms with Gasteiger partial charge in [-0.3, -0.25) is 4.79 Å². The van der Waals surface area contributed by atoms with Crippen LogP contribution in [0.4, 0.5) is 5.69 Å². The van der Waals surface area contributed by atoms with Gasteiger partial charge in [-0.25, -0.2) is 0 Å². The summed E-state index contributed by atoms with van der Waals surface area (Å²) in [5.41, 5.74) is 2.93. The molecule has 1 N–H and O–H groups in total. The highest BCUT2D eigenvalue weighted by atomic mass is 16.1. The third-order valence-electron chi connectivity index (χ3n) is 3.96. The van der Waals surface area contributed by atoms with Crippen molar-refractivity contribution >= 4 is 22.4 Å². The molecule has 0 radical (unpaired) electrons. The van der Waals surface area contributed by atoms with Gasteiger partial charge in [-0.2, -0.15) is 0 Å². The monoisotopic (exact) mass is 317 g/mol. The van der Waals surface area contributed by atoms with Crippen molar-refractivity contribution in [3.8, 4) is 0 Å². The lowest BCUT2D eigenvalue weighted by atomic mass is 9.87. The molecule has 0 spiro atoms. The summed E-state index contributed by atoms with van der Waals surface area (Å²) in [7, 11) is 0. The van der Waals surface area contributed by atoms with Crippen molar-refractivity contribution in [2.75, 3.05) is 5.32 Å². The summed E-state index contributed by atoms with van der Waals surface area (Å²) in [6.07, 6.45) is 0.947. The molecule has 0 aliphatic carbocycles. The van der Waals surface area contributed by atoms with E-state index in [1.54, 1.807) is 0 Å². The van der Waals surface area contributed by atoms with Crippen LogP contribution < -0.4 is 5.32 Å². The van der Waals surface area contributed by atoms with Crippen molar-refractivity contribution in [2.45, 2.75) is 27.2 Å². The van der Waals surface area contributed by atoms with Gasteiger partial charge in [0.1, 0.15) is 0 Å². The van der Waals surface area contributed by atoms with Crippen molar-refractivity contribution in [3.63, 3.8) is 0 Å². The van der Waals surface area contributed by atoms with Crippen LogP contribution >= 0.6 is 0 Å². The molecule has 3 aromatic rings. The average molecular weight is 317 g/mol. The van der Waals surface area contributed by atoms with Gasteiger partial charge < -0.3 is 5.32 Å². The van der Waals surface area contributed by atoms with Crippen molar-refractivity contribution in [2.24, 2.45) is 5.41 Å². The third-order valence-corrected chi connectivity index (χ3v) is 3.96. The van der Waals surface area contributed by atoms with Crippen LogP contribution in [-0.4, -0.2) is 5.91 Å².